The number of hydrogen-bond donors (Lipinski definition) is 0. The number of nitrogens with zero attached hydrogens (tertiary/aromatic N) is 3. The number of amides is 2. The number of benzene rings is 3. The zero-order valence-corrected chi connectivity index (χ0v) is 16.8. The number of imide groups is 1. The molecule has 4 rings (SSSR count). The Bertz CT molecular complexity index is 1160. The summed E-state index contributed by atoms with van der Waals surface area (Å²) in [7, 11) is 1.59. The molecule has 0 unspecified atom stereocenters. The highest BCUT2D eigenvalue weighted by molar-refractivity contribution is 6.25. The van der Waals surface area contributed by atoms with Gasteiger partial charge in [-0.3, -0.25) is 9.59 Å². The molecule has 0 fully saturated rings. The first-order chi connectivity index (χ1) is 15.2. The molecule has 0 aliphatic rings. The molecule has 0 saturated heterocycles. The fourth-order valence-corrected chi connectivity index (χ4v) is 3.13. The van der Waals surface area contributed by atoms with Crippen LogP contribution in [0, 0.1) is 0 Å². The van der Waals surface area contributed by atoms with Crippen LogP contribution >= 0.6 is 0 Å². The van der Waals surface area contributed by atoms with Crippen molar-refractivity contribution in [3.8, 4) is 17.0 Å². The van der Waals surface area contributed by atoms with Crippen LogP contribution in [-0.4, -0.2) is 28.9 Å². The third-order valence-corrected chi connectivity index (χ3v) is 4.69. The lowest BCUT2D eigenvalue weighted by Crippen LogP contribution is -2.37. The van der Waals surface area contributed by atoms with Crippen LogP contribution in [0.3, 0.4) is 0 Å². The summed E-state index contributed by atoms with van der Waals surface area (Å²) in [5.74, 6) is -0.0692. The molecule has 1 heterocycles. The summed E-state index contributed by atoms with van der Waals surface area (Å²) in [4.78, 5) is 36.3. The molecule has 0 bridgehead atoms. The second-order valence-corrected chi connectivity index (χ2v) is 6.67. The maximum absolute atomic E-state index is 13.3. The van der Waals surface area contributed by atoms with Crippen molar-refractivity contribution >= 4 is 17.6 Å². The van der Waals surface area contributed by atoms with E-state index >= 15 is 0 Å². The number of rotatable bonds is 5. The van der Waals surface area contributed by atoms with Gasteiger partial charge in [0.05, 0.1) is 12.8 Å². The van der Waals surface area contributed by atoms with Crippen LogP contribution in [0.15, 0.2) is 97.3 Å². The lowest BCUT2D eigenvalue weighted by Gasteiger charge is -2.20. The topological polar surface area (TPSA) is 72.4 Å². The van der Waals surface area contributed by atoms with Crippen molar-refractivity contribution in [2.45, 2.75) is 0 Å². The lowest BCUT2D eigenvalue weighted by atomic mass is 10.1. The molecule has 31 heavy (non-hydrogen) atoms. The number of ether oxygens (including phenoxy) is 1. The lowest BCUT2D eigenvalue weighted by molar-refractivity contribution is 0.0896. The van der Waals surface area contributed by atoms with Gasteiger partial charge in [0, 0.05) is 22.8 Å². The Kier molecular flexibility index (Phi) is 5.80. The number of carbonyl (C=O) groups is 2. The normalized spacial score (nSPS) is 10.4. The van der Waals surface area contributed by atoms with E-state index < -0.39 is 11.8 Å². The molecule has 0 spiro atoms. The van der Waals surface area contributed by atoms with E-state index in [9.17, 15) is 9.59 Å². The standard InChI is InChI=1S/C25H19N3O3/c1-31-21-14-8-13-20(15-21)22-16-23(27-17-26-22)28(24(29)18-9-4-2-5-10-18)25(30)19-11-6-3-7-12-19/h2-17H,1H3. The quantitative estimate of drug-likeness (QED) is 0.449. The fraction of sp³-hybridized carbons (Fsp3) is 0.0400. The van der Waals surface area contributed by atoms with Crippen molar-refractivity contribution in [3.05, 3.63) is 108 Å². The second kappa shape index (κ2) is 9.00. The molecule has 3 aromatic carbocycles. The zero-order valence-electron chi connectivity index (χ0n) is 16.8. The summed E-state index contributed by atoms with van der Waals surface area (Å²) >= 11 is 0. The van der Waals surface area contributed by atoms with Crippen LogP contribution in [-0.2, 0) is 0 Å². The summed E-state index contributed by atoms with van der Waals surface area (Å²) in [5.41, 5.74) is 2.11. The van der Waals surface area contributed by atoms with E-state index in [1.165, 1.54) is 6.33 Å². The van der Waals surface area contributed by atoms with Crippen molar-refractivity contribution in [1.29, 1.82) is 0 Å². The summed E-state index contributed by atoms with van der Waals surface area (Å²) in [6.45, 7) is 0. The molecular formula is C25H19N3O3. The summed E-state index contributed by atoms with van der Waals surface area (Å²) in [5, 5.41) is 0. The first-order valence-corrected chi connectivity index (χ1v) is 9.63. The summed E-state index contributed by atoms with van der Waals surface area (Å²) in [6, 6.07) is 26.3. The molecule has 6 heteroatoms. The molecule has 2 amide bonds. The van der Waals surface area contributed by atoms with Crippen molar-refractivity contribution in [1.82, 2.24) is 9.97 Å². The van der Waals surface area contributed by atoms with Crippen LogP contribution in [0.2, 0.25) is 0 Å². The van der Waals surface area contributed by atoms with Crippen LogP contribution in [0.1, 0.15) is 20.7 Å². The van der Waals surface area contributed by atoms with Gasteiger partial charge in [0.25, 0.3) is 11.8 Å². The molecule has 152 valence electrons. The summed E-state index contributed by atoms with van der Waals surface area (Å²) in [6.07, 6.45) is 1.34. The molecule has 1 aromatic heterocycles. The van der Waals surface area contributed by atoms with Gasteiger partial charge in [-0.2, -0.15) is 0 Å². The van der Waals surface area contributed by atoms with Crippen molar-refractivity contribution in [2.75, 3.05) is 12.0 Å². The van der Waals surface area contributed by atoms with Crippen molar-refractivity contribution < 1.29 is 14.3 Å². The first kappa shape index (κ1) is 20.0. The van der Waals surface area contributed by atoms with Crippen LogP contribution in [0.5, 0.6) is 5.75 Å². The fourth-order valence-electron chi connectivity index (χ4n) is 3.13. The minimum absolute atomic E-state index is 0.190. The van der Waals surface area contributed by atoms with E-state index in [-0.39, 0.29) is 5.82 Å². The van der Waals surface area contributed by atoms with Gasteiger partial charge >= 0.3 is 0 Å². The van der Waals surface area contributed by atoms with Gasteiger partial charge < -0.3 is 4.74 Å². The highest BCUT2D eigenvalue weighted by atomic mass is 16.5. The molecule has 0 N–H and O–H groups in total. The summed E-state index contributed by atoms with van der Waals surface area (Å²) < 4.78 is 5.28. The largest absolute Gasteiger partial charge is 0.497 e. The predicted molar refractivity (Wildman–Crippen MR) is 118 cm³/mol. The highest BCUT2D eigenvalue weighted by Crippen LogP contribution is 2.26. The molecular weight excluding hydrogens is 390 g/mol. The van der Waals surface area contributed by atoms with E-state index in [1.807, 2.05) is 36.4 Å². The number of methoxy groups -OCH3 is 1. The van der Waals surface area contributed by atoms with Gasteiger partial charge in [0.2, 0.25) is 0 Å². The Morgan fingerprint density at radius 1 is 0.742 bits per heavy atom. The van der Waals surface area contributed by atoms with Crippen LogP contribution in [0.4, 0.5) is 5.82 Å². The van der Waals surface area contributed by atoms with Crippen molar-refractivity contribution in [3.63, 3.8) is 0 Å². The number of anilines is 1. The van der Waals surface area contributed by atoms with Crippen LogP contribution in [0.25, 0.3) is 11.3 Å². The number of aromatic nitrogens is 2. The van der Waals surface area contributed by atoms with E-state index in [0.717, 1.165) is 10.5 Å². The Hall–Kier alpha value is -4.32. The van der Waals surface area contributed by atoms with Gasteiger partial charge in [-0.15, -0.1) is 0 Å². The molecule has 6 nitrogen and oxygen atoms in total. The van der Waals surface area contributed by atoms with Crippen LogP contribution < -0.4 is 9.64 Å². The van der Waals surface area contributed by atoms with Gasteiger partial charge in [-0.25, -0.2) is 14.9 Å². The van der Waals surface area contributed by atoms with Crippen molar-refractivity contribution in [2.24, 2.45) is 0 Å². The minimum Gasteiger partial charge on any atom is -0.497 e. The molecule has 0 atom stereocenters. The van der Waals surface area contributed by atoms with E-state index in [2.05, 4.69) is 9.97 Å². The van der Waals surface area contributed by atoms with Gasteiger partial charge in [0.1, 0.15) is 17.9 Å². The Labute approximate surface area is 179 Å². The number of hydrogen-bond acceptors (Lipinski definition) is 5. The third kappa shape index (κ3) is 4.33. The van der Waals surface area contributed by atoms with E-state index in [1.54, 1.807) is 61.7 Å². The smallest absolute Gasteiger partial charge is 0.266 e. The van der Waals surface area contributed by atoms with Gasteiger partial charge in [0.15, 0.2) is 0 Å². The maximum Gasteiger partial charge on any atom is 0.266 e. The monoisotopic (exact) mass is 409 g/mol. The molecule has 0 aliphatic heterocycles. The van der Waals surface area contributed by atoms with E-state index in [0.29, 0.717) is 22.6 Å². The average molecular weight is 409 g/mol. The Balaban J connectivity index is 1.80. The molecule has 0 radical (unpaired) electrons. The maximum atomic E-state index is 13.3. The number of carbonyl (C=O) groups excluding carboxylic acids is 2. The van der Waals surface area contributed by atoms with Gasteiger partial charge in [-0.1, -0.05) is 48.5 Å². The first-order valence-electron chi connectivity index (χ1n) is 9.63. The van der Waals surface area contributed by atoms with E-state index in [4.69, 9.17) is 4.74 Å². The zero-order chi connectivity index (χ0) is 21.6. The Morgan fingerprint density at radius 3 is 1.94 bits per heavy atom. The Morgan fingerprint density at radius 2 is 1.35 bits per heavy atom. The highest BCUT2D eigenvalue weighted by Gasteiger charge is 2.27. The van der Waals surface area contributed by atoms with Gasteiger partial charge in [-0.05, 0) is 36.4 Å². The molecule has 0 aliphatic carbocycles. The second-order valence-electron chi connectivity index (χ2n) is 6.67. The third-order valence-electron chi connectivity index (χ3n) is 4.69. The SMILES string of the molecule is COc1cccc(-c2cc(N(C(=O)c3ccccc3)C(=O)c3ccccc3)ncn2)c1. The minimum atomic E-state index is -0.468. The molecule has 4 aromatic rings. The predicted octanol–water partition coefficient (Wildman–Crippen LogP) is 4.64. The average Bonchev–Trinajstić information content (AvgIpc) is 2.85. The molecule has 0 saturated carbocycles.